The highest BCUT2D eigenvalue weighted by Crippen LogP contribution is 2.43. The second kappa shape index (κ2) is 9.41. The highest BCUT2D eigenvalue weighted by atomic mass is 16.5. The minimum atomic E-state index is -0.812. The zero-order valence-electron chi connectivity index (χ0n) is 20.4. The number of hydrogen-bond donors (Lipinski definition) is 1. The number of aliphatic hydroxyl groups is 1. The molecule has 2 aliphatic rings. The van der Waals surface area contributed by atoms with Crippen LogP contribution in [0.2, 0.25) is 0 Å². The topological polar surface area (TPSA) is 85.3 Å². The molecule has 5 rings (SSSR count). The number of carbonyl (C=O) groups is 2. The van der Waals surface area contributed by atoms with Gasteiger partial charge in [-0.2, -0.15) is 0 Å². The molecule has 184 valence electrons. The zero-order valence-corrected chi connectivity index (χ0v) is 20.4. The van der Waals surface area contributed by atoms with E-state index in [-0.39, 0.29) is 24.0 Å². The molecule has 0 bridgehead atoms. The van der Waals surface area contributed by atoms with Gasteiger partial charge in [0.15, 0.2) is 11.5 Å². The van der Waals surface area contributed by atoms with E-state index in [4.69, 9.17) is 14.2 Å². The van der Waals surface area contributed by atoms with Crippen LogP contribution in [0.4, 0.5) is 0 Å². The molecule has 1 amide bonds. The summed E-state index contributed by atoms with van der Waals surface area (Å²) in [6, 6.07) is 19.2. The smallest absolute Gasteiger partial charge is 0.295 e. The van der Waals surface area contributed by atoms with Crippen LogP contribution in [0.25, 0.3) is 5.76 Å². The Morgan fingerprint density at radius 2 is 1.75 bits per heavy atom. The second-order valence-electron chi connectivity index (χ2n) is 8.98. The van der Waals surface area contributed by atoms with Crippen molar-refractivity contribution in [3.05, 3.63) is 94.6 Å². The Morgan fingerprint density at radius 3 is 2.47 bits per heavy atom. The first-order chi connectivity index (χ1) is 17.4. The lowest BCUT2D eigenvalue weighted by atomic mass is 9.94. The van der Waals surface area contributed by atoms with Crippen molar-refractivity contribution >= 4 is 17.4 Å². The van der Waals surface area contributed by atoms with E-state index in [1.807, 2.05) is 43.3 Å². The Bertz CT molecular complexity index is 1360. The van der Waals surface area contributed by atoms with Gasteiger partial charge in [-0.25, -0.2) is 0 Å². The monoisotopic (exact) mass is 485 g/mol. The third-order valence-electron chi connectivity index (χ3n) is 6.63. The maximum Gasteiger partial charge on any atom is 0.295 e. The van der Waals surface area contributed by atoms with Crippen LogP contribution in [-0.2, 0) is 22.6 Å². The third-order valence-corrected chi connectivity index (χ3v) is 6.63. The van der Waals surface area contributed by atoms with E-state index in [1.54, 1.807) is 30.3 Å². The van der Waals surface area contributed by atoms with E-state index in [1.165, 1.54) is 19.1 Å². The summed E-state index contributed by atoms with van der Waals surface area (Å²) < 4.78 is 16.6. The summed E-state index contributed by atoms with van der Waals surface area (Å²) in [7, 11) is 3.06. The van der Waals surface area contributed by atoms with Crippen molar-refractivity contribution < 1.29 is 28.9 Å². The number of benzene rings is 3. The molecule has 0 radical (unpaired) electrons. The number of carbonyl (C=O) groups excluding carboxylic acids is 2. The first-order valence-electron chi connectivity index (χ1n) is 11.8. The summed E-state index contributed by atoms with van der Waals surface area (Å²) in [5.41, 5.74) is 2.95. The Morgan fingerprint density at radius 1 is 1.00 bits per heavy atom. The standard InChI is InChI=1S/C29H27NO6/c1-17-13-21-14-20(10-11-22(21)36-17)27(31)25-26(19-9-12-23(34-2)24(15-19)35-3)30(29(33)28(25)32)16-18-7-5-4-6-8-18/h4-12,14-15,17,26,31H,13,16H2,1-3H3/t17-,26-/m1/s1. The van der Waals surface area contributed by atoms with Crippen LogP contribution in [0.1, 0.15) is 35.2 Å². The molecule has 0 aliphatic carbocycles. The van der Waals surface area contributed by atoms with Gasteiger partial charge >= 0.3 is 0 Å². The van der Waals surface area contributed by atoms with Crippen molar-refractivity contribution in [2.45, 2.75) is 32.0 Å². The maximum atomic E-state index is 13.4. The molecule has 0 unspecified atom stereocenters. The number of ether oxygens (including phenoxy) is 3. The second-order valence-corrected chi connectivity index (χ2v) is 8.98. The van der Waals surface area contributed by atoms with Crippen molar-refractivity contribution in [2.75, 3.05) is 14.2 Å². The van der Waals surface area contributed by atoms with Crippen LogP contribution in [0.15, 0.2) is 72.3 Å². The van der Waals surface area contributed by atoms with Crippen LogP contribution < -0.4 is 14.2 Å². The van der Waals surface area contributed by atoms with E-state index in [0.29, 0.717) is 29.0 Å². The first kappa shape index (κ1) is 23.5. The van der Waals surface area contributed by atoms with Crippen molar-refractivity contribution in [3.63, 3.8) is 0 Å². The SMILES string of the molecule is COc1ccc([C@@H]2C(=C(O)c3ccc4c(c3)C[C@@H](C)O4)C(=O)C(=O)N2Cc2ccccc2)cc1OC. The van der Waals surface area contributed by atoms with Crippen molar-refractivity contribution in [1.29, 1.82) is 0 Å². The third kappa shape index (κ3) is 4.06. The predicted molar refractivity (Wildman–Crippen MR) is 134 cm³/mol. The highest BCUT2D eigenvalue weighted by Gasteiger charge is 2.46. The average molecular weight is 486 g/mol. The Balaban J connectivity index is 1.65. The quantitative estimate of drug-likeness (QED) is 0.311. The fourth-order valence-electron chi connectivity index (χ4n) is 4.92. The molecular formula is C29H27NO6. The molecule has 3 aromatic rings. The summed E-state index contributed by atoms with van der Waals surface area (Å²) >= 11 is 0. The molecule has 2 aliphatic heterocycles. The number of hydrogen-bond acceptors (Lipinski definition) is 6. The summed E-state index contributed by atoms with van der Waals surface area (Å²) in [4.78, 5) is 28.2. The number of methoxy groups -OCH3 is 2. The fraction of sp³-hybridized carbons (Fsp3) is 0.241. The number of ketones is 1. The molecule has 1 fully saturated rings. The molecule has 1 saturated heterocycles. The van der Waals surface area contributed by atoms with Gasteiger partial charge in [0, 0.05) is 18.5 Å². The van der Waals surface area contributed by atoms with E-state index in [0.717, 1.165) is 16.9 Å². The van der Waals surface area contributed by atoms with Crippen molar-refractivity contribution in [1.82, 2.24) is 4.90 Å². The van der Waals surface area contributed by atoms with Crippen LogP contribution >= 0.6 is 0 Å². The van der Waals surface area contributed by atoms with Crippen molar-refractivity contribution in [3.8, 4) is 17.2 Å². The first-order valence-corrected chi connectivity index (χ1v) is 11.8. The molecule has 2 atom stereocenters. The molecule has 0 aromatic heterocycles. The summed E-state index contributed by atoms with van der Waals surface area (Å²) in [5, 5.41) is 11.4. The Kier molecular flexibility index (Phi) is 6.14. The van der Waals surface area contributed by atoms with Gasteiger partial charge in [-0.05, 0) is 53.9 Å². The van der Waals surface area contributed by atoms with Gasteiger partial charge in [0.2, 0.25) is 0 Å². The average Bonchev–Trinajstić information content (AvgIpc) is 3.39. The van der Waals surface area contributed by atoms with Crippen LogP contribution in [0.5, 0.6) is 17.2 Å². The summed E-state index contributed by atoms with van der Waals surface area (Å²) in [6.07, 6.45) is 0.748. The normalized spacial score (nSPS) is 20.2. The van der Waals surface area contributed by atoms with Gasteiger partial charge in [-0.15, -0.1) is 0 Å². The number of amides is 1. The number of fused-ring (bicyclic) bond motifs is 1. The van der Waals surface area contributed by atoms with E-state index in [9.17, 15) is 14.7 Å². The minimum Gasteiger partial charge on any atom is -0.507 e. The molecule has 0 saturated carbocycles. The molecule has 2 heterocycles. The van der Waals surface area contributed by atoms with Gasteiger partial charge in [0.05, 0.1) is 25.8 Å². The minimum absolute atomic E-state index is 0.0371. The predicted octanol–water partition coefficient (Wildman–Crippen LogP) is 4.65. The molecular weight excluding hydrogens is 458 g/mol. The van der Waals surface area contributed by atoms with Crippen molar-refractivity contribution in [2.24, 2.45) is 0 Å². The Hall–Kier alpha value is -4.26. The zero-order chi connectivity index (χ0) is 25.4. The largest absolute Gasteiger partial charge is 0.507 e. The Labute approximate surface area is 209 Å². The van der Waals surface area contributed by atoms with E-state index < -0.39 is 17.7 Å². The number of Topliss-reactive ketones (excluding diaryl/α,β-unsaturated/α-hetero) is 1. The van der Waals surface area contributed by atoms with Crippen LogP contribution in [-0.4, -0.2) is 42.0 Å². The van der Waals surface area contributed by atoms with Gasteiger partial charge in [-0.1, -0.05) is 36.4 Å². The molecule has 0 spiro atoms. The van der Waals surface area contributed by atoms with E-state index >= 15 is 0 Å². The lowest BCUT2D eigenvalue weighted by molar-refractivity contribution is -0.140. The van der Waals surface area contributed by atoms with Gasteiger partial charge in [-0.3, -0.25) is 9.59 Å². The lowest BCUT2D eigenvalue weighted by Gasteiger charge is -2.26. The van der Waals surface area contributed by atoms with E-state index in [2.05, 4.69) is 0 Å². The molecule has 7 nitrogen and oxygen atoms in total. The number of rotatable bonds is 6. The number of nitrogens with zero attached hydrogens (tertiary/aromatic N) is 1. The van der Waals surface area contributed by atoms with Crippen LogP contribution in [0.3, 0.4) is 0 Å². The lowest BCUT2D eigenvalue weighted by Crippen LogP contribution is -2.29. The maximum absolute atomic E-state index is 13.4. The molecule has 3 aromatic carbocycles. The highest BCUT2D eigenvalue weighted by molar-refractivity contribution is 6.46. The van der Waals surface area contributed by atoms with Gasteiger partial charge in [0.1, 0.15) is 17.6 Å². The number of likely N-dealkylation sites (tertiary alicyclic amines) is 1. The number of aliphatic hydroxyl groups excluding tert-OH is 1. The van der Waals surface area contributed by atoms with Gasteiger partial charge in [0.25, 0.3) is 11.7 Å². The molecule has 7 heteroatoms. The summed E-state index contributed by atoms with van der Waals surface area (Å²) in [5.74, 6) is 0.135. The van der Waals surface area contributed by atoms with Gasteiger partial charge < -0.3 is 24.2 Å². The fourth-order valence-corrected chi connectivity index (χ4v) is 4.92. The molecule has 36 heavy (non-hydrogen) atoms. The molecule has 1 N–H and O–H groups in total. The summed E-state index contributed by atoms with van der Waals surface area (Å²) in [6.45, 7) is 2.18. The van der Waals surface area contributed by atoms with Crippen LogP contribution in [0, 0.1) is 0 Å².